The van der Waals surface area contributed by atoms with Crippen molar-refractivity contribution in [2.45, 2.75) is 20.8 Å². The summed E-state index contributed by atoms with van der Waals surface area (Å²) in [7, 11) is 1.67. The van der Waals surface area contributed by atoms with Gasteiger partial charge in [-0.2, -0.15) is 0 Å². The third kappa shape index (κ3) is 6.91. The molecule has 1 nitrogen and oxygen atoms in total. The molecule has 0 unspecified atom stereocenters. The molecule has 0 bridgehead atoms. The first-order chi connectivity index (χ1) is 5.16. The zero-order chi connectivity index (χ0) is 8.69. The highest BCUT2D eigenvalue weighted by Gasteiger charge is 1.76. The van der Waals surface area contributed by atoms with Gasteiger partial charge in [-0.05, 0) is 26.8 Å². The highest BCUT2D eigenvalue weighted by Crippen LogP contribution is 1.94. The van der Waals surface area contributed by atoms with E-state index in [0.717, 1.165) is 5.76 Å². The Balaban J connectivity index is 3.87. The molecule has 0 aromatic heterocycles. The molecule has 0 aromatic carbocycles. The summed E-state index contributed by atoms with van der Waals surface area (Å²) in [5, 5.41) is 0. The van der Waals surface area contributed by atoms with E-state index in [1.165, 1.54) is 5.57 Å². The highest BCUT2D eigenvalue weighted by molar-refractivity contribution is 5.15. The standard InChI is InChI=1S/C10H16O/c1-9(2)7-5-6-8-10(3)11-4/h5-8H,1-4H3. The fourth-order valence-corrected chi connectivity index (χ4v) is 0.507. The summed E-state index contributed by atoms with van der Waals surface area (Å²) < 4.78 is 4.95. The van der Waals surface area contributed by atoms with Gasteiger partial charge in [0, 0.05) is 0 Å². The van der Waals surface area contributed by atoms with Crippen molar-refractivity contribution in [2.24, 2.45) is 0 Å². The third-order valence-corrected chi connectivity index (χ3v) is 1.19. The van der Waals surface area contributed by atoms with Crippen molar-refractivity contribution >= 4 is 0 Å². The predicted octanol–water partition coefficient (Wildman–Crippen LogP) is 3.06. The first kappa shape index (κ1) is 10.0. The summed E-state index contributed by atoms with van der Waals surface area (Å²) in [4.78, 5) is 0. The van der Waals surface area contributed by atoms with Crippen molar-refractivity contribution in [3.8, 4) is 0 Å². The summed E-state index contributed by atoms with van der Waals surface area (Å²) in [6.45, 7) is 6.06. The molecule has 0 N–H and O–H groups in total. The van der Waals surface area contributed by atoms with Crippen LogP contribution in [0.4, 0.5) is 0 Å². The minimum atomic E-state index is 0.920. The van der Waals surface area contributed by atoms with Gasteiger partial charge < -0.3 is 4.74 Å². The van der Waals surface area contributed by atoms with E-state index >= 15 is 0 Å². The van der Waals surface area contributed by atoms with Gasteiger partial charge in [-0.1, -0.05) is 23.8 Å². The number of methoxy groups -OCH3 is 1. The van der Waals surface area contributed by atoms with Crippen LogP contribution in [0.3, 0.4) is 0 Å². The molecule has 0 aliphatic carbocycles. The Hall–Kier alpha value is -0.980. The summed E-state index contributed by atoms with van der Waals surface area (Å²) in [6, 6.07) is 0. The molecule has 0 rings (SSSR count). The van der Waals surface area contributed by atoms with Crippen LogP contribution in [0.15, 0.2) is 35.6 Å². The normalized spacial score (nSPS) is 11.8. The van der Waals surface area contributed by atoms with Crippen LogP contribution in [-0.4, -0.2) is 7.11 Å². The second kappa shape index (κ2) is 5.78. The van der Waals surface area contributed by atoms with Crippen molar-refractivity contribution in [3.05, 3.63) is 35.6 Å². The van der Waals surface area contributed by atoms with Crippen LogP contribution < -0.4 is 0 Å². The van der Waals surface area contributed by atoms with E-state index < -0.39 is 0 Å². The fourth-order valence-electron chi connectivity index (χ4n) is 0.507. The van der Waals surface area contributed by atoms with Gasteiger partial charge in [0.05, 0.1) is 12.9 Å². The molecule has 0 aliphatic rings. The minimum absolute atomic E-state index is 0.920. The summed E-state index contributed by atoms with van der Waals surface area (Å²) in [5.41, 5.74) is 1.30. The lowest BCUT2D eigenvalue weighted by Crippen LogP contribution is -1.75. The van der Waals surface area contributed by atoms with E-state index in [1.54, 1.807) is 7.11 Å². The lowest BCUT2D eigenvalue weighted by atomic mass is 10.3. The van der Waals surface area contributed by atoms with Gasteiger partial charge in [0.2, 0.25) is 0 Å². The largest absolute Gasteiger partial charge is 0.501 e. The Labute approximate surface area is 69.1 Å². The molecular formula is C10H16O. The Kier molecular flexibility index (Phi) is 5.26. The first-order valence-corrected chi connectivity index (χ1v) is 3.69. The maximum absolute atomic E-state index is 4.95. The molecule has 1 heteroatoms. The summed E-state index contributed by atoms with van der Waals surface area (Å²) >= 11 is 0. The van der Waals surface area contributed by atoms with Crippen molar-refractivity contribution in [3.63, 3.8) is 0 Å². The number of rotatable bonds is 3. The van der Waals surface area contributed by atoms with Crippen molar-refractivity contribution < 1.29 is 4.74 Å². The molecule has 11 heavy (non-hydrogen) atoms. The van der Waals surface area contributed by atoms with Crippen LogP contribution in [0.1, 0.15) is 20.8 Å². The van der Waals surface area contributed by atoms with Crippen LogP contribution in [-0.2, 0) is 4.74 Å². The van der Waals surface area contributed by atoms with E-state index in [4.69, 9.17) is 4.74 Å². The molecule has 0 saturated carbocycles. The molecule has 0 saturated heterocycles. The molecule has 62 valence electrons. The van der Waals surface area contributed by atoms with Crippen LogP contribution in [0.25, 0.3) is 0 Å². The number of ether oxygens (including phenoxy) is 1. The molecule has 0 atom stereocenters. The van der Waals surface area contributed by atoms with Crippen molar-refractivity contribution in [2.75, 3.05) is 7.11 Å². The van der Waals surface area contributed by atoms with Crippen LogP contribution >= 0.6 is 0 Å². The third-order valence-electron chi connectivity index (χ3n) is 1.19. The maximum Gasteiger partial charge on any atom is 0.0924 e. The average Bonchev–Trinajstić information content (AvgIpc) is 1.97. The molecule has 0 fully saturated rings. The van der Waals surface area contributed by atoms with E-state index in [2.05, 4.69) is 19.9 Å². The molecule has 0 radical (unpaired) electrons. The molecule has 0 amide bonds. The second-order valence-electron chi connectivity index (χ2n) is 2.61. The molecule has 0 aliphatic heterocycles. The van der Waals surface area contributed by atoms with E-state index in [-0.39, 0.29) is 0 Å². The average molecular weight is 152 g/mol. The Morgan fingerprint density at radius 3 is 2.00 bits per heavy atom. The summed E-state index contributed by atoms with van der Waals surface area (Å²) in [5.74, 6) is 0.920. The zero-order valence-corrected chi connectivity index (χ0v) is 7.72. The summed E-state index contributed by atoms with van der Waals surface area (Å²) in [6.07, 6.45) is 7.95. The van der Waals surface area contributed by atoms with Gasteiger partial charge in [0.25, 0.3) is 0 Å². The van der Waals surface area contributed by atoms with Crippen molar-refractivity contribution in [1.82, 2.24) is 0 Å². The predicted molar refractivity (Wildman–Crippen MR) is 49.3 cm³/mol. The zero-order valence-electron chi connectivity index (χ0n) is 7.72. The Bertz CT molecular complexity index is 181. The Morgan fingerprint density at radius 2 is 1.55 bits per heavy atom. The van der Waals surface area contributed by atoms with Gasteiger partial charge in [0.15, 0.2) is 0 Å². The minimum Gasteiger partial charge on any atom is -0.501 e. The van der Waals surface area contributed by atoms with Crippen molar-refractivity contribution in [1.29, 1.82) is 0 Å². The lowest BCUT2D eigenvalue weighted by Gasteiger charge is -1.93. The quantitative estimate of drug-likeness (QED) is 0.446. The second-order valence-corrected chi connectivity index (χ2v) is 2.61. The van der Waals surface area contributed by atoms with Crippen LogP contribution in [0.2, 0.25) is 0 Å². The molecular weight excluding hydrogens is 136 g/mol. The van der Waals surface area contributed by atoms with Crippen LogP contribution in [0.5, 0.6) is 0 Å². The topological polar surface area (TPSA) is 9.23 Å². The number of hydrogen-bond donors (Lipinski definition) is 0. The first-order valence-electron chi connectivity index (χ1n) is 3.69. The van der Waals surface area contributed by atoms with E-state index in [0.29, 0.717) is 0 Å². The maximum atomic E-state index is 4.95. The smallest absolute Gasteiger partial charge is 0.0924 e. The van der Waals surface area contributed by atoms with Crippen LogP contribution in [0, 0.1) is 0 Å². The van der Waals surface area contributed by atoms with Gasteiger partial charge in [-0.15, -0.1) is 0 Å². The Morgan fingerprint density at radius 1 is 1.00 bits per heavy atom. The molecule has 0 spiro atoms. The van der Waals surface area contributed by atoms with Gasteiger partial charge in [-0.25, -0.2) is 0 Å². The number of hydrogen-bond acceptors (Lipinski definition) is 1. The molecule has 0 heterocycles. The van der Waals surface area contributed by atoms with Gasteiger partial charge in [0.1, 0.15) is 0 Å². The fraction of sp³-hybridized carbons (Fsp3) is 0.400. The SMILES string of the molecule is COC(C)=CC=CC=C(C)C. The number of allylic oxidation sites excluding steroid dienone is 6. The lowest BCUT2D eigenvalue weighted by molar-refractivity contribution is 0.294. The van der Waals surface area contributed by atoms with E-state index in [9.17, 15) is 0 Å². The van der Waals surface area contributed by atoms with Gasteiger partial charge >= 0.3 is 0 Å². The highest BCUT2D eigenvalue weighted by atomic mass is 16.5. The monoisotopic (exact) mass is 152 g/mol. The molecule has 0 aromatic rings. The van der Waals surface area contributed by atoms with E-state index in [1.807, 2.05) is 25.2 Å². The van der Waals surface area contributed by atoms with Gasteiger partial charge in [-0.3, -0.25) is 0 Å².